The van der Waals surface area contributed by atoms with E-state index in [4.69, 9.17) is 21.1 Å². The van der Waals surface area contributed by atoms with E-state index in [1.165, 1.54) is 0 Å². The summed E-state index contributed by atoms with van der Waals surface area (Å²) in [6, 6.07) is 19.6. The Morgan fingerprint density at radius 2 is 1.63 bits per heavy atom. The highest BCUT2D eigenvalue weighted by Gasteiger charge is 2.37. The molecule has 0 fully saturated rings. The summed E-state index contributed by atoms with van der Waals surface area (Å²) < 4.78 is 10.5. The minimum atomic E-state index is -0.698. The molecule has 35 heavy (non-hydrogen) atoms. The van der Waals surface area contributed by atoms with Gasteiger partial charge in [0.15, 0.2) is 0 Å². The van der Waals surface area contributed by atoms with Gasteiger partial charge in [0.05, 0.1) is 20.3 Å². The number of hydrogen-bond donors (Lipinski definition) is 2. The summed E-state index contributed by atoms with van der Waals surface area (Å²) in [5.74, 6) is 0.0694. The molecule has 2 heterocycles. The van der Waals surface area contributed by atoms with E-state index in [2.05, 4.69) is 10.3 Å². The van der Waals surface area contributed by atoms with Crippen LogP contribution in [0.4, 0.5) is 5.69 Å². The molecule has 1 unspecified atom stereocenters. The molecular formula is C27H24ClN3O4. The molecule has 3 aromatic carbocycles. The molecule has 1 aliphatic rings. The number of rotatable bonds is 4. The number of ether oxygens (including phenoxy) is 2. The van der Waals surface area contributed by atoms with Crippen LogP contribution in [0.1, 0.15) is 22.9 Å². The first kappa shape index (κ1) is 22.8. The second-order valence-corrected chi connectivity index (χ2v) is 8.75. The monoisotopic (exact) mass is 489 g/mol. The number of aromatic amines is 1. The van der Waals surface area contributed by atoms with Gasteiger partial charge in [-0.15, -0.1) is 0 Å². The number of hydrogen-bond acceptors (Lipinski definition) is 4. The van der Waals surface area contributed by atoms with Crippen LogP contribution < -0.4 is 14.8 Å². The minimum absolute atomic E-state index is 0.387. The maximum atomic E-state index is 13.4. The Hall–Kier alpha value is -3.97. The molecule has 0 spiro atoms. The standard InChI is InChI=1S/C27H24ClN3O4/c1-34-19-8-3-16(4-9-19)25-24-21(22-15-17(28)5-12-23(22)30-24)13-14-31(25)27(33)26(32)29-18-6-10-20(35-2)11-7-18/h3-12,15,25,30H,13-14H2,1-2H3,(H,29,32). The Bertz CT molecular complexity index is 1400. The van der Waals surface area contributed by atoms with Crippen molar-refractivity contribution >= 4 is 40.0 Å². The van der Waals surface area contributed by atoms with Gasteiger partial charge in [-0.25, -0.2) is 0 Å². The topological polar surface area (TPSA) is 83.7 Å². The Morgan fingerprint density at radius 3 is 2.29 bits per heavy atom. The average molecular weight is 490 g/mol. The second kappa shape index (κ2) is 9.35. The third kappa shape index (κ3) is 4.31. The fraction of sp³-hybridized carbons (Fsp3) is 0.185. The second-order valence-electron chi connectivity index (χ2n) is 8.31. The molecule has 0 aliphatic carbocycles. The molecule has 2 N–H and O–H groups in total. The van der Waals surface area contributed by atoms with Crippen LogP contribution in [0, 0.1) is 0 Å². The Morgan fingerprint density at radius 1 is 0.971 bits per heavy atom. The van der Waals surface area contributed by atoms with Crippen LogP contribution in [0.2, 0.25) is 5.02 Å². The number of benzene rings is 3. The number of anilines is 1. The summed E-state index contributed by atoms with van der Waals surface area (Å²) in [5.41, 5.74) is 4.31. The van der Waals surface area contributed by atoms with Crippen molar-refractivity contribution in [3.05, 3.63) is 88.6 Å². The van der Waals surface area contributed by atoms with Gasteiger partial charge in [-0.1, -0.05) is 23.7 Å². The van der Waals surface area contributed by atoms with Crippen LogP contribution in [0.25, 0.3) is 10.9 Å². The third-order valence-corrected chi connectivity index (χ3v) is 6.56. The van der Waals surface area contributed by atoms with Crippen LogP contribution in [-0.2, 0) is 16.0 Å². The molecule has 1 atom stereocenters. The van der Waals surface area contributed by atoms with Gasteiger partial charge >= 0.3 is 11.8 Å². The summed E-state index contributed by atoms with van der Waals surface area (Å²) in [6.45, 7) is 0.387. The van der Waals surface area contributed by atoms with E-state index in [-0.39, 0.29) is 0 Å². The fourth-order valence-corrected chi connectivity index (χ4v) is 4.77. The first-order chi connectivity index (χ1) is 17.0. The van der Waals surface area contributed by atoms with Gasteiger partial charge in [0, 0.05) is 33.9 Å². The van der Waals surface area contributed by atoms with Gasteiger partial charge in [0.25, 0.3) is 0 Å². The summed E-state index contributed by atoms with van der Waals surface area (Å²) >= 11 is 6.27. The predicted octanol–water partition coefficient (Wildman–Crippen LogP) is 4.95. The van der Waals surface area contributed by atoms with E-state index in [1.807, 2.05) is 42.5 Å². The van der Waals surface area contributed by atoms with E-state index < -0.39 is 17.9 Å². The molecule has 0 saturated heterocycles. The van der Waals surface area contributed by atoms with E-state index in [9.17, 15) is 9.59 Å². The zero-order chi connectivity index (χ0) is 24.5. The van der Waals surface area contributed by atoms with Gasteiger partial charge in [-0.2, -0.15) is 0 Å². The molecule has 0 saturated carbocycles. The van der Waals surface area contributed by atoms with Crippen molar-refractivity contribution < 1.29 is 19.1 Å². The smallest absolute Gasteiger partial charge is 0.313 e. The van der Waals surface area contributed by atoms with E-state index in [0.29, 0.717) is 35.2 Å². The summed E-state index contributed by atoms with van der Waals surface area (Å²) in [5, 5.41) is 4.38. The molecule has 0 bridgehead atoms. The summed E-state index contributed by atoms with van der Waals surface area (Å²) in [7, 11) is 3.17. The molecule has 8 heteroatoms. The number of halogens is 1. The number of aromatic nitrogens is 1. The number of carbonyl (C=O) groups is 2. The highest BCUT2D eigenvalue weighted by molar-refractivity contribution is 6.39. The van der Waals surface area contributed by atoms with Crippen molar-refractivity contribution in [3.63, 3.8) is 0 Å². The van der Waals surface area contributed by atoms with Crippen LogP contribution in [-0.4, -0.2) is 42.5 Å². The quantitative estimate of drug-likeness (QED) is 0.397. The van der Waals surface area contributed by atoms with Crippen molar-refractivity contribution in [2.75, 3.05) is 26.1 Å². The lowest BCUT2D eigenvalue weighted by Gasteiger charge is -2.35. The van der Waals surface area contributed by atoms with Crippen LogP contribution in [0.5, 0.6) is 11.5 Å². The van der Waals surface area contributed by atoms with Gasteiger partial charge < -0.3 is 24.7 Å². The fourth-order valence-electron chi connectivity index (χ4n) is 4.60. The molecule has 1 aliphatic heterocycles. The molecular weight excluding hydrogens is 466 g/mol. The number of carbonyl (C=O) groups excluding carboxylic acids is 2. The van der Waals surface area contributed by atoms with E-state index in [0.717, 1.165) is 27.7 Å². The predicted molar refractivity (Wildman–Crippen MR) is 135 cm³/mol. The Kier molecular flexibility index (Phi) is 6.09. The average Bonchev–Trinajstić information content (AvgIpc) is 3.26. The van der Waals surface area contributed by atoms with Gasteiger partial charge in [-0.3, -0.25) is 9.59 Å². The van der Waals surface area contributed by atoms with Crippen molar-refractivity contribution in [1.29, 1.82) is 0 Å². The van der Waals surface area contributed by atoms with E-state index >= 15 is 0 Å². The lowest BCUT2D eigenvalue weighted by molar-refractivity contribution is -0.144. The highest BCUT2D eigenvalue weighted by atomic mass is 35.5. The van der Waals surface area contributed by atoms with Crippen molar-refractivity contribution in [3.8, 4) is 11.5 Å². The van der Waals surface area contributed by atoms with Crippen LogP contribution in [0.15, 0.2) is 66.7 Å². The molecule has 178 valence electrons. The Balaban J connectivity index is 1.51. The zero-order valence-electron chi connectivity index (χ0n) is 19.3. The molecule has 5 rings (SSSR count). The molecule has 4 aromatic rings. The number of nitrogens with zero attached hydrogens (tertiary/aromatic N) is 1. The number of amides is 2. The third-order valence-electron chi connectivity index (χ3n) is 6.32. The molecule has 2 amide bonds. The summed E-state index contributed by atoms with van der Waals surface area (Å²) in [4.78, 5) is 31.5. The minimum Gasteiger partial charge on any atom is -0.497 e. The van der Waals surface area contributed by atoms with Crippen LogP contribution in [0.3, 0.4) is 0 Å². The maximum absolute atomic E-state index is 13.4. The molecule has 7 nitrogen and oxygen atoms in total. The maximum Gasteiger partial charge on any atom is 0.313 e. The molecule has 0 radical (unpaired) electrons. The molecule has 1 aromatic heterocycles. The van der Waals surface area contributed by atoms with Gasteiger partial charge in [0.2, 0.25) is 0 Å². The largest absolute Gasteiger partial charge is 0.497 e. The Labute approximate surface area is 207 Å². The van der Waals surface area contributed by atoms with Crippen molar-refractivity contribution in [2.45, 2.75) is 12.5 Å². The SMILES string of the molecule is COc1ccc(NC(=O)C(=O)N2CCc3c([nH]c4ccc(Cl)cc34)C2c2ccc(OC)cc2)cc1. The zero-order valence-corrected chi connectivity index (χ0v) is 20.1. The van der Waals surface area contributed by atoms with Crippen molar-refractivity contribution in [1.82, 2.24) is 9.88 Å². The number of methoxy groups -OCH3 is 2. The van der Waals surface area contributed by atoms with Gasteiger partial charge in [0.1, 0.15) is 11.5 Å². The number of fused-ring (bicyclic) bond motifs is 3. The lowest BCUT2D eigenvalue weighted by Crippen LogP contribution is -2.45. The normalized spacial score (nSPS) is 14.9. The van der Waals surface area contributed by atoms with Gasteiger partial charge in [-0.05, 0) is 72.1 Å². The number of nitrogens with one attached hydrogen (secondary N) is 2. The number of H-pyrrole nitrogens is 1. The lowest BCUT2D eigenvalue weighted by atomic mass is 9.92. The summed E-state index contributed by atoms with van der Waals surface area (Å²) in [6.07, 6.45) is 0.601. The van der Waals surface area contributed by atoms with Crippen LogP contribution >= 0.6 is 11.6 Å². The van der Waals surface area contributed by atoms with E-state index in [1.54, 1.807) is 43.4 Å². The first-order valence-electron chi connectivity index (χ1n) is 11.2. The van der Waals surface area contributed by atoms with Crippen molar-refractivity contribution in [2.24, 2.45) is 0 Å². The first-order valence-corrected chi connectivity index (χ1v) is 11.6. The highest BCUT2D eigenvalue weighted by Crippen LogP contribution is 2.39.